The molecule has 0 bridgehead atoms. The zero-order valence-corrected chi connectivity index (χ0v) is 13.4. The van der Waals surface area contributed by atoms with E-state index in [9.17, 15) is 9.90 Å². The molecule has 1 saturated heterocycles. The molecule has 4 nitrogen and oxygen atoms in total. The highest BCUT2D eigenvalue weighted by Crippen LogP contribution is 2.43. The van der Waals surface area contributed by atoms with Gasteiger partial charge in [0.2, 0.25) is 0 Å². The molecule has 0 amide bonds. The molecule has 2 atom stereocenters. The van der Waals surface area contributed by atoms with Gasteiger partial charge in [0, 0.05) is 31.8 Å². The lowest BCUT2D eigenvalue weighted by atomic mass is 9.74. The minimum atomic E-state index is -0.688. The summed E-state index contributed by atoms with van der Waals surface area (Å²) in [6, 6.07) is 7.08. The van der Waals surface area contributed by atoms with E-state index in [1.807, 2.05) is 12.1 Å². The van der Waals surface area contributed by atoms with Crippen molar-refractivity contribution in [3.05, 3.63) is 42.5 Å². The number of ether oxygens (including phenoxy) is 1. The van der Waals surface area contributed by atoms with Crippen molar-refractivity contribution in [2.24, 2.45) is 5.92 Å². The van der Waals surface area contributed by atoms with Crippen molar-refractivity contribution >= 4 is 5.97 Å². The fourth-order valence-electron chi connectivity index (χ4n) is 3.26. The maximum atomic E-state index is 12.1. The SMILES string of the molecule is C=CC[C@H]1CN(C)CC[C@@]1(OC(=O)CC)c1cccc(O)c1. The topological polar surface area (TPSA) is 49.8 Å². The van der Waals surface area contributed by atoms with Crippen LogP contribution in [-0.4, -0.2) is 36.1 Å². The molecule has 1 aliphatic heterocycles. The van der Waals surface area contributed by atoms with Gasteiger partial charge in [-0.05, 0) is 31.2 Å². The molecule has 0 aliphatic carbocycles. The van der Waals surface area contributed by atoms with Gasteiger partial charge in [-0.25, -0.2) is 0 Å². The van der Waals surface area contributed by atoms with E-state index < -0.39 is 5.60 Å². The summed E-state index contributed by atoms with van der Waals surface area (Å²) in [4.78, 5) is 14.3. The average Bonchev–Trinajstić information content (AvgIpc) is 2.50. The van der Waals surface area contributed by atoms with Crippen LogP contribution in [0.15, 0.2) is 36.9 Å². The van der Waals surface area contributed by atoms with Gasteiger partial charge in [0.15, 0.2) is 0 Å². The lowest BCUT2D eigenvalue weighted by Gasteiger charge is -2.46. The molecular weight excluding hydrogens is 278 g/mol. The summed E-state index contributed by atoms with van der Waals surface area (Å²) in [5.74, 6) is 0.115. The summed E-state index contributed by atoms with van der Waals surface area (Å²) in [6.07, 6.45) is 3.70. The summed E-state index contributed by atoms with van der Waals surface area (Å²) in [5, 5.41) is 9.85. The molecule has 1 aromatic carbocycles. The molecule has 2 rings (SSSR count). The number of aromatic hydroxyl groups is 1. The van der Waals surface area contributed by atoms with E-state index in [4.69, 9.17) is 4.74 Å². The van der Waals surface area contributed by atoms with Crippen molar-refractivity contribution in [1.82, 2.24) is 4.90 Å². The first kappa shape index (κ1) is 16.6. The molecule has 120 valence electrons. The van der Waals surface area contributed by atoms with E-state index in [-0.39, 0.29) is 17.6 Å². The highest BCUT2D eigenvalue weighted by Gasteiger charge is 2.46. The minimum Gasteiger partial charge on any atom is -0.508 e. The molecule has 0 unspecified atom stereocenters. The normalized spacial score (nSPS) is 25.6. The number of hydrogen-bond acceptors (Lipinski definition) is 4. The lowest BCUT2D eigenvalue weighted by Crippen LogP contribution is -2.51. The first-order valence-electron chi connectivity index (χ1n) is 7.82. The van der Waals surface area contributed by atoms with Crippen LogP contribution in [-0.2, 0) is 15.1 Å². The van der Waals surface area contributed by atoms with E-state index in [1.54, 1.807) is 25.1 Å². The van der Waals surface area contributed by atoms with Crippen LogP contribution in [0, 0.1) is 5.92 Å². The highest BCUT2D eigenvalue weighted by molar-refractivity contribution is 5.69. The number of nitrogens with zero attached hydrogens (tertiary/aromatic N) is 1. The summed E-state index contributed by atoms with van der Waals surface area (Å²) in [5.41, 5.74) is 0.182. The number of benzene rings is 1. The summed E-state index contributed by atoms with van der Waals surface area (Å²) >= 11 is 0. The Morgan fingerprint density at radius 3 is 3.00 bits per heavy atom. The maximum absolute atomic E-state index is 12.1. The van der Waals surface area contributed by atoms with Gasteiger partial charge < -0.3 is 14.7 Å². The molecule has 1 heterocycles. The number of hydrogen-bond donors (Lipinski definition) is 1. The average molecular weight is 303 g/mol. The molecule has 0 aromatic heterocycles. The molecule has 1 aliphatic rings. The van der Waals surface area contributed by atoms with Gasteiger partial charge in [-0.3, -0.25) is 4.79 Å². The first-order chi connectivity index (χ1) is 10.5. The molecule has 1 N–H and O–H groups in total. The number of carbonyl (C=O) groups excluding carboxylic acids is 1. The number of allylic oxidation sites excluding steroid dienone is 1. The zero-order chi connectivity index (χ0) is 16.2. The molecular formula is C18H25NO3. The Bertz CT molecular complexity index is 543. The molecule has 4 heteroatoms. The monoisotopic (exact) mass is 303 g/mol. The molecule has 22 heavy (non-hydrogen) atoms. The zero-order valence-electron chi connectivity index (χ0n) is 13.4. The van der Waals surface area contributed by atoms with Gasteiger partial charge in [0.05, 0.1) is 0 Å². The standard InChI is InChI=1S/C18H25NO3/c1-4-7-15-13-19(3)11-10-18(15,22-17(21)5-2)14-8-6-9-16(20)12-14/h4,6,8-9,12,15,20H,1,5,7,10-11,13H2,2-3H3/t15-,18+/m0/s1. The maximum Gasteiger partial charge on any atom is 0.306 e. The van der Waals surface area contributed by atoms with Gasteiger partial charge in [-0.1, -0.05) is 25.1 Å². The molecule has 0 saturated carbocycles. The van der Waals surface area contributed by atoms with E-state index >= 15 is 0 Å². The Hall–Kier alpha value is -1.81. The third-order valence-corrected chi connectivity index (χ3v) is 4.43. The number of rotatable bonds is 5. The van der Waals surface area contributed by atoms with Crippen LogP contribution >= 0.6 is 0 Å². The summed E-state index contributed by atoms with van der Waals surface area (Å²) in [6.45, 7) is 7.33. The largest absolute Gasteiger partial charge is 0.508 e. The fourth-order valence-corrected chi connectivity index (χ4v) is 3.26. The number of esters is 1. The van der Waals surface area contributed by atoms with Crippen LogP contribution in [0.5, 0.6) is 5.75 Å². The van der Waals surface area contributed by atoms with E-state index in [0.717, 1.165) is 31.5 Å². The molecule has 0 spiro atoms. The number of likely N-dealkylation sites (tertiary alicyclic amines) is 1. The van der Waals surface area contributed by atoms with Gasteiger partial charge in [-0.15, -0.1) is 6.58 Å². The predicted molar refractivity (Wildman–Crippen MR) is 86.6 cm³/mol. The second-order valence-electron chi connectivity index (χ2n) is 6.00. The number of piperidine rings is 1. The van der Waals surface area contributed by atoms with Gasteiger partial charge in [0.25, 0.3) is 0 Å². The second kappa shape index (κ2) is 6.97. The van der Waals surface area contributed by atoms with Crippen molar-refractivity contribution < 1.29 is 14.6 Å². The van der Waals surface area contributed by atoms with Crippen LogP contribution in [0.4, 0.5) is 0 Å². The van der Waals surface area contributed by atoms with Gasteiger partial charge in [-0.2, -0.15) is 0 Å². The first-order valence-corrected chi connectivity index (χ1v) is 7.82. The van der Waals surface area contributed by atoms with Crippen LogP contribution in [0.25, 0.3) is 0 Å². The fraction of sp³-hybridized carbons (Fsp3) is 0.500. The lowest BCUT2D eigenvalue weighted by molar-refractivity contribution is -0.175. The molecule has 1 aromatic rings. The summed E-state index contributed by atoms with van der Waals surface area (Å²) < 4.78 is 5.96. The quantitative estimate of drug-likeness (QED) is 0.671. The predicted octanol–water partition coefficient (Wildman–Crippen LogP) is 3.07. The van der Waals surface area contributed by atoms with Crippen LogP contribution in [0.2, 0.25) is 0 Å². The van der Waals surface area contributed by atoms with Crippen molar-refractivity contribution in [3.8, 4) is 5.75 Å². The van der Waals surface area contributed by atoms with Gasteiger partial charge >= 0.3 is 5.97 Å². The molecule has 0 radical (unpaired) electrons. The van der Waals surface area contributed by atoms with E-state index in [0.29, 0.717) is 6.42 Å². The van der Waals surface area contributed by atoms with Crippen LogP contribution in [0.3, 0.4) is 0 Å². The van der Waals surface area contributed by atoms with Crippen molar-refractivity contribution in [1.29, 1.82) is 0 Å². The van der Waals surface area contributed by atoms with Crippen molar-refractivity contribution in [2.75, 3.05) is 20.1 Å². The number of carbonyl (C=O) groups is 1. The number of phenolic OH excluding ortho intramolecular Hbond substituents is 1. The Morgan fingerprint density at radius 2 is 2.36 bits per heavy atom. The number of phenols is 1. The minimum absolute atomic E-state index is 0.126. The Kier molecular flexibility index (Phi) is 5.24. The van der Waals surface area contributed by atoms with E-state index in [2.05, 4.69) is 18.5 Å². The Labute approximate surface area is 132 Å². The Morgan fingerprint density at radius 1 is 1.59 bits per heavy atom. The Balaban J connectivity index is 2.47. The summed E-state index contributed by atoms with van der Waals surface area (Å²) in [7, 11) is 2.07. The van der Waals surface area contributed by atoms with Crippen molar-refractivity contribution in [2.45, 2.75) is 31.8 Å². The van der Waals surface area contributed by atoms with Crippen molar-refractivity contribution in [3.63, 3.8) is 0 Å². The third kappa shape index (κ3) is 3.33. The third-order valence-electron chi connectivity index (χ3n) is 4.43. The van der Waals surface area contributed by atoms with Crippen LogP contribution in [0.1, 0.15) is 31.7 Å². The second-order valence-corrected chi connectivity index (χ2v) is 6.00. The van der Waals surface area contributed by atoms with E-state index in [1.165, 1.54) is 0 Å². The molecule has 1 fully saturated rings. The smallest absolute Gasteiger partial charge is 0.306 e. The van der Waals surface area contributed by atoms with Gasteiger partial charge in [0.1, 0.15) is 11.4 Å². The highest BCUT2D eigenvalue weighted by atomic mass is 16.6. The van der Waals surface area contributed by atoms with Crippen LogP contribution < -0.4 is 0 Å².